The van der Waals surface area contributed by atoms with E-state index in [0.29, 0.717) is 36.9 Å². The second-order valence-electron chi connectivity index (χ2n) is 4.77. The van der Waals surface area contributed by atoms with Crippen molar-refractivity contribution in [2.24, 2.45) is 0 Å². The third-order valence-corrected chi connectivity index (χ3v) is 4.89. The zero-order valence-electron chi connectivity index (χ0n) is 14.0. The highest BCUT2D eigenvalue weighted by Crippen LogP contribution is 2.29. The highest BCUT2D eigenvalue weighted by atomic mass is 32.2. The monoisotopic (exact) mass is 367 g/mol. The van der Waals surface area contributed by atoms with Crippen molar-refractivity contribution in [3.8, 4) is 11.5 Å². The SMILES string of the molecule is CCOc1ccc(CCC(=O)Nc2nnc(SC)s2)cc1OCC. The maximum absolute atomic E-state index is 12.0. The summed E-state index contributed by atoms with van der Waals surface area (Å²) in [5, 5.41) is 11.2. The molecule has 0 aliphatic rings. The Hall–Kier alpha value is -1.80. The van der Waals surface area contributed by atoms with Crippen LogP contribution in [0.4, 0.5) is 5.13 Å². The second-order valence-corrected chi connectivity index (χ2v) is 6.80. The van der Waals surface area contributed by atoms with Crippen LogP contribution < -0.4 is 14.8 Å². The molecule has 130 valence electrons. The summed E-state index contributed by atoms with van der Waals surface area (Å²) < 4.78 is 12.0. The quantitative estimate of drug-likeness (QED) is 0.539. The van der Waals surface area contributed by atoms with Crippen molar-refractivity contribution in [1.82, 2.24) is 10.2 Å². The molecule has 1 aromatic carbocycles. The summed E-state index contributed by atoms with van der Waals surface area (Å²) in [6.07, 6.45) is 2.91. The van der Waals surface area contributed by atoms with Crippen LogP contribution in [0.3, 0.4) is 0 Å². The van der Waals surface area contributed by atoms with E-state index in [1.807, 2.05) is 38.3 Å². The molecule has 1 aromatic heterocycles. The van der Waals surface area contributed by atoms with Gasteiger partial charge in [-0.3, -0.25) is 4.79 Å². The zero-order valence-corrected chi connectivity index (χ0v) is 15.6. The molecule has 24 heavy (non-hydrogen) atoms. The number of benzene rings is 1. The van der Waals surface area contributed by atoms with Gasteiger partial charge in [0.1, 0.15) is 0 Å². The van der Waals surface area contributed by atoms with Crippen molar-refractivity contribution in [2.45, 2.75) is 31.0 Å². The number of amides is 1. The Kier molecular flexibility index (Phi) is 7.33. The minimum absolute atomic E-state index is 0.0781. The number of hydrogen-bond acceptors (Lipinski definition) is 7. The van der Waals surface area contributed by atoms with Crippen LogP contribution in [0.15, 0.2) is 22.5 Å². The lowest BCUT2D eigenvalue weighted by molar-refractivity contribution is -0.116. The fourth-order valence-electron chi connectivity index (χ4n) is 2.03. The number of thioether (sulfide) groups is 1. The van der Waals surface area contributed by atoms with Gasteiger partial charge in [0.05, 0.1) is 13.2 Å². The molecule has 0 radical (unpaired) electrons. The summed E-state index contributed by atoms with van der Waals surface area (Å²) in [6.45, 7) is 5.02. The van der Waals surface area contributed by atoms with Crippen LogP contribution in [-0.4, -0.2) is 35.6 Å². The standard InChI is InChI=1S/C16H21N3O3S2/c1-4-21-12-8-6-11(10-13(12)22-5-2)7-9-14(20)17-15-18-19-16(23-3)24-15/h6,8,10H,4-5,7,9H2,1-3H3,(H,17,18,20). The van der Waals surface area contributed by atoms with Crippen LogP contribution in [0.5, 0.6) is 11.5 Å². The smallest absolute Gasteiger partial charge is 0.226 e. The van der Waals surface area contributed by atoms with Crippen LogP contribution in [0.1, 0.15) is 25.8 Å². The summed E-state index contributed by atoms with van der Waals surface area (Å²) in [5.74, 6) is 1.36. The topological polar surface area (TPSA) is 73.3 Å². The first kappa shape index (κ1) is 18.5. The number of anilines is 1. The normalized spacial score (nSPS) is 10.5. The molecule has 0 unspecified atom stereocenters. The van der Waals surface area contributed by atoms with Crippen molar-refractivity contribution in [3.63, 3.8) is 0 Å². The fourth-order valence-corrected chi connectivity index (χ4v) is 3.22. The fraction of sp³-hybridized carbons (Fsp3) is 0.438. The number of aryl methyl sites for hydroxylation is 1. The summed E-state index contributed by atoms with van der Waals surface area (Å²) >= 11 is 2.88. The van der Waals surface area contributed by atoms with Gasteiger partial charge in [-0.1, -0.05) is 29.2 Å². The predicted octanol–water partition coefficient (Wildman–Crippen LogP) is 3.63. The van der Waals surface area contributed by atoms with Gasteiger partial charge in [0, 0.05) is 6.42 Å². The summed E-state index contributed by atoms with van der Waals surface area (Å²) in [4.78, 5) is 12.0. The maximum Gasteiger partial charge on any atom is 0.226 e. The molecular weight excluding hydrogens is 346 g/mol. The minimum Gasteiger partial charge on any atom is -0.490 e. The van der Waals surface area contributed by atoms with E-state index in [0.717, 1.165) is 15.7 Å². The summed E-state index contributed by atoms with van der Waals surface area (Å²) in [6, 6.07) is 5.77. The molecule has 0 aliphatic carbocycles. The van der Waals surface area contributed by atoms with Crippen molar-refractivity contribution in [2.75, 3.05) is 24.8 Å². The molecule has 0 aliphatic heterocycles. The van der Waals surface area contributed by atoms with Crippen LogP contribution >= 0.6 is 23.1 Å². The molecule has 0 atom stereocenters. The van der Waals surface area contributed by atoms with Gasteiger partial charge in [-0.2, -0.15) is 0 Å². The van der Waals surface area contributed by atoms with Gasteiger partial charge in [0.15, 0.2) is 15.8 Å². The number of nitrogens with zero attached hydrogens (tertiary/aromatic N) is 2. The van der Waals surface area contributed by atoms with Gasteiger partial charge in [-0.05, 0) is 44.2 Å². The third kappa shape index (κ3) is 5.38. The molecule has 1 N–H and O–H groups in total. The molecule has 2 aromatic rings. The van der Waals surface area contributed by atoms with Crippen molar-refractivity contribution >= 4 is 34.1 Å². The largest absolute Gasteiger partial charge is 0.490 e. The molecular formula is C16H21N3O3S2. The first-order valence-corrected chi connectivity index (χ1v) is 9.76. The van der Waals surface area contributed by atoms with Crippen LogP contribution in [-0.2, 0) is 11.2 Å². The second kappa shape index (κ2) is 9.48. The number of ether oxygens (including phenoxy) is 2. The molecule has 6 nitrogen and oxygen atoms in total. The van der Waals surface area contributed by atoms with E-state index < -0.39 is 0 Å². The summed E-state index contributed by atoms with van der Waals surface area (Å²) in [7, 11) is 0. The van der Waals surface area contributed by atoms with Crippen LogP contribution in [0.25, 0.3) is 0 Å². The maximum atomic E-state index is 12.0. The Morgan fingerprint density at radius 1 is 1.21 bits per heavy atom. The number of rotatable bonds is 9. The lowest BCUT2D eigenvalue weighted by Crippen LogP contribution is -2.12. The number of aromatic nitrogens is 2. The minimum atomic E-state index is -0.0781. The van der Waals surface area contributed by atoms with E-state index >= 15 is 0 Å². The van der Waals surface area contributed by atoms with Gasteiger partial charge in [0.2, 0.25) is 11.0 Å². The van der Waals surface area contributed by atoms with E-state index in [2.05, 4.69) is 15.5 Å². The number of hydrogen-bond donors (Lipinski definition) is 1. The van der Waals surface area contributed by atoms with Gasteiger partial charge < -0.3 is 14.8 Å². The van der Waals surface area contributed by atoms with E-state index in [-0.39, 0.29) is 5.91 Å². The van der Waals surface area contributed by atoms with E-state index in [1.54, 1.807) is 0 Å². The van der Waals surface area contributed by atoms with Crippen molar-refractivity contribution in [1.29, 1.82) is 0 Å². The molecule has 1 amide bonds. The summed E-state index contributed by atoms with van der Waals surface area (Å²) in [5.41, 5.74) is 1.03. The average molecular weight is 367 g/mol. The lowest BCUT2D eigenvalue weighted by Gasteiger charge is -2.12. The predicted molar refractivity (Wildman–Crippen MR) is 97.4 cm³/mol. The van der Waals surface area contributed by atoms with Gasteiger partial charge >= 0.3 is 0 Å². The first-order chi connectivity index (χ1) is 11.7. The van der Waals surface area contributed by atoms with Gasteiger partial charge in [-0.15, -0.1) is 10.2 Å². The molecule has 2 rings (SSSR count). The van der Waals surface area contributed by atoms with Crippen LogP contribution in [0.2, 0.25) is 0 Å². The zero-order chi connectivity index (χ0) is 17.4. The molecule has 0 saturated carbocycles. The third-order valence-electron chi connectivity index (χ3n) is 3.08. The molecule has 8 heteroatoms. The molecule has 1 heterocycles. The highest BCUT2D eigenvalue weighted by molar-refractivity contribution is 8.00. The Morgan fingerprint density at radius 3 is 2.62 bits per heavy atom. The van der Waals surface area contributed by atoms with E-state index in [9.17, 15) is 4.79 Å². The van der Waals surface area contributed by atoms with Crippen molar-refractivity contribution in [3.05, 3.63) is 23.8 Å². The van der Waals surface area contributed by atoms with E-state index in [4.69, 9.17) is 9.47 Å². The molecule has 0 bridgehead atoms. The average Bonchev–Trinajstić information content (AvgIpc) is 3.03. The lowest BCUT2D eigenvalue weighted by atomic mass is 10.1. The molecule has 0 fully saturated rings. The van der Waals surface area contributed by atoms with Gasteiger partial charge in [-0.25, -0.2) is 0 Å². The van der Waals surface area contributed by atoms with Gasteiger partial charge in [0.25, 0.3) is 0 Å². The Labute approximate surface area is 150 Å². The molecule has 0 spiro atoms. The molecule has 0 saturated heterocycles. The highest BCUT2D eigenvalue weighted by Gasteiger charge is 2.10. The van der Waals surface area contributed by atoms with E-state index in [1.165, 1.54) is 23.1 Å². The van der Waals surface area contributed by atoms with Crippen molar-refractivity contribution < 1.29 is 14.3 Å². The Morgan fingerprint density at radius 2 is 1.96 bits per heavy atom. The van der Waals surface area contributed by atoms with Crippen LogP contribution in [0, 0.1) is 0 Å². The number of carbonyl (C=O) groups excluding carboxylic acids is 1. The first-order valence-electron chi connectivity index (χ1n) is 7.72. The number of carbonyl (C=O) groups is 1. The Balaban J connectivity index is 1.92. The number of nitrogens with one attached hydrogen (secondary N) is 1. The Bertz CT molecular complexity index is 676.